The van der Waals surface area contributed by atoms with E-state index in [0.29, 0.717) is 0 Å². The standard InChI is InChI=1S/C22H26N2O2.C2H2O4/c1-15-6-7-19(14-23-15)22(26)16-8-10-24(11-9-16)20-12-17-4-2-3-5-18(17)13-21(20)25;3-1(4)2(5)6/h2-7,14,16,20-21,25H,8-13H2,1H3;(H,3,4)(H,5,6). The highest BCUT2D eigenvalue weighted by molar-refractivity contribution is 6.27. The van der Waals surface area contributed by atoms with E-state index in [1.807, 2.05) is 25.1 Å². The van der Waals surface area contributed by atoms with Gasteiger partial charge in [0, 0.05) is 35.8 Å². The molecule has 2 atom stereocenters. The molecule has 0 bridgehead atoms. The number of rotatable bonds is 3. The molecule has 0 spiro atoms. The first-order chi connectivity index (χ1) is 15.3. The van der Waals surface area contributed by atoms with E-state index in [9.17, 15) is 9.90 Å². The number of carboxylic acid groups (broad SMARTS) is 2. The Labute approximate surface area is 186 Å². The van der Waals surface area contributed by atoms with Gasteiger partial charge in [-0.2, -0.15) is 0 Å². The average Bonchev–Trinajstić information content (AvgIpc) is 2.79. The number of aliphatic hydroxyl groups is 1. The van der Waals surface area contributed by atoms with Crippen LogP contribution in [0.15, 0.2) is 42.6 Å². The molecule has 8 heteroatoms. The van der Waals surface area contributed by atoms with Crippen molar-refractivity contribution in [3.63, 3.8) is 0 Å². The van der Waals surface area contributed by atoms with Gasteiger partial charge >= 0.3 is 11.9 Å². The van der Waals surface area contributed by atoms with E-state index >= 15 is 0 Å². The summed E-state index contributed by atoms with van der Waals surface area (Å²) in [5, 5.41) is 25.4. The number of carbonyl (C=O) groups is 3. The zero-order chi connectivity index (χ0) is 23.3. The second kappa shape index (κ2) is 10.5. The molecular formula is C24H28N2O6. The fraction of sp³-hybridized carbons (Fsp3) is 0.417. The number of aryl methyl sites for hydroxylation is 1. The number of hydrogen-bond acceptors (Lipinski definition) is 6. The number of piperidine rings is 1. The molecule has 2 aromatic rings. The third-order valence-corrected chi connectivity index (χ3v) is 6.17. The van der Waals surface area contributed by atoms with Crippen LogP contribution in [0.4, 0.5) is 0 Å². The smallest absolute Gasteiger partial charge is 0.414 e. The number of aromatic nitrogens is 1. The zero-order valence-corrected chi connectivity index (χ0v) is 18.0. The number of aliphatic carboxylic acids is 2. The number of pyridine rings is 1. The Morgan fingerprint density at radius 1 is 0.938 bits per heavy atom. The predicted molar refractivity (Wildman–Crippen MR) is 117 cm³/mol. The first kappa shape index (κ1) is 23.6. The third-order valence-electron chi connectivity index (χ3n) is 6.17. The van der Waals surface area contributed by atoms with Crippen LogP contribution in [0, 0.1) is 12.8 Å². The minimum absolute atomic E-state index is 0.0729. The van der Waals surface area contributed by atoms with Crippen LogP contribution in [-0.4, -0.2) is 68.2 Å². The number of carbonyl (C=O) groups excluding carboxylic acids is 1. The van der Waals surface area contributed by atoms with E-state index in [1.165, 1.54) is 11.1 Å². The van der Waals surface area contributed by atoms with E-state index < -0.39 is 11.9 Å². The van der Waals surface area contributed by atoms with Gasteiger partial charge in [0.25, 0.3) is 0 Å². The molecule has 1 aliphatic carbocycles. The van der Waals surface area contributed by atoms with Crippen molar-refractivity contribution >= 4 is 17.7 Å². The van der Waals surface area contributed by atoms with Crippen LogP contribution < -0.4 is 0 Å². The van der Waals surface area contributed by atoms with Gasteiger partial charge < -0.3 is 15.3 Å². The first-order valence-electron chi connectivity index (χ1n) is 10.7. The second-order valence-corrected chi connectivity index (χ2v) is 8.28. The minimum Gasteiger partial charge on any atom is -0.473 e. The molecule has 170 valence electrons. The number of Topliss-reactive ketones (excluding diaryl/α,β-unsaturated/α-hetero) is 1. The van der Waals surface area contributed by atoms with Gasteiger partial charge in [-0.3, -0.25) is 14.7 Å². The fourth-order valence-corrected chi connectivity index (χ4v) is 4.39. The van der Waals surface area contributed by atoms with Gasteiger partial charge in [-0.05, 0) is 62.5 Å². The van der Waals surface area contributed by atoms with Crippen LogP contribution in [0.5, 0.6) is 0 Å². The molecule has 1 saturated heterocycles. The molecule has 3 N–H and O–H groups in total. The Morgan fingerprint density at radius 2 is 1.53 bits per heavy atom. The second-order valence-electron chi connectivity index (χ2n) is 8.28. The Bertz CT molecular complexity index is 955. The zero-order valence-electron chi connectivity index (χ0n) is 18.0. The van der Waals surface area contributed by atoms with Gasteiger partial charge in [0.1, 0.15) is 0 Å². The molecule has 0 saturated carbocycles. The first-order valence-corrected chi connectivity index (χ1v) is 10.7. The lowest BCUT2D eigenvalue weighted by molar-refractivity contribution is -0.159. The quantitative estimate of drug-likeness (QED) is 0.488. The molecule has 0 radical (unpaired) electrons. The number of nitrogens with zero attached hydrogens (tertiary/aromatic N) is 2. The van der Waals surface area contributed by atoms with E-state index in [-0.39, 0.29) is 23.8 Å². The lowest BCUT2D eigenvalue weighted by Crippen LogP contribution is -2.51. The van der Waals surface area contributed by atoms with Crippen LogP contribution in [0.2, 0.25) is 0 Å². The van der Waals surface area contributed by atoms with Crippen molar-refractivity contribution < 1.29 is 29.7 Å². The number of aliphatic hydroxyl groups excluding tert-OH is 1. The summed E-state index contributed by atoms with van der Waals surface area (Å²) in [7, 11) is 0. The van der Waals surface area contributed by atoms with Crippen LogP contribution >= 0.6 is 0 Å². The molecule has 8 nitrogen and oxygen atoms in total. The highest BCUT2D eigenvalue weighted by atomic mass is 16.4. The Hall–Kier alpha value is -3.10. The summed E-state index contributed by atoms with van der Waals surface area (Å²) in [4.78, 5) is 37.6. The number of carboxylic acids is 2. The molecule has 1 aromatic heterocycles. The molecule has 0 amide bonds. The SMILES string of the molecule is Cc1ccc(C(=O)C2CCN(C3Cc4ccccc4CC3O)CC2)cn1.O=C(O)C(=O)O. The Morgan fingerprint density at radius 3 is 2.06 bits per heavy atom. The van der Waals surface area contributed by atoms with E-state index in [0.717, 1.165) is 50.0 Å². The summed E-state index contributed by atoms with van der Waals surface area (Å²) < 4.78 is 0. The van der Waals surface area contributed by atoms with Gasteiger partial charge in [-0.15, -0.1) is 0 Å². The molecular weight excluding hydrogens is 412 g/mol. The largest absolute Gasteiger partial charge is 0.473 e. The van der Waals surface area contributed by atoms with Crippen LogP contribution in [-0.2, 0) is 22.4 Å². The van der Waals surface area contributed by atoms with E-state index in [2.05, 4.69) is 28.1 Å². The maximum Gasteiger partial charge on any atom is 0.414 e. The van der Waals surface area contributed by atoms with Gasteiger partial charge in [0.2, 0.25) is 0 Å². The summed E-state index contributed by atoms with van der Waals surface area (Å²) >= 11 is 0. The summed E-state index contributed by atoms with van der Waals surface area (Å²) in [6, 6.07) is 12.4. The molecule has 2 unspecified atom stereocenters. The van der Waals surface area contributed by atoms with E-state index in [4.69, 9.17) is 19.8 Å². The highest BCUT2D eigenvalue weighted by Gasteiger charge is 2.35. The van der Waals surface area contributed by atoms with Gasteiger partial charge in [0.15, 0.2) is 5.78 Å². The molecule has 2 aliphatic rings. The number of hydrogen-bond donors (Lipinski definition) is 3. The van der Waals surface area contributed by atoms with Crippen LogP contribution in [0.1, 0.15) is 40.0 Å². The number of ketones is 1. The average molecular weight is 440 g/mol. The molecule has 1 aliphatic heterocycles. The van der Waals surface area contributed by atoms with Crippen molar-refractivity contribution in [2.24, 2.45) is 5.92 Å². The van der Waals surface area contributed by atoms with Crippen LogP contribution in [0.25, 0.3) is 0 Å². The number of benzene rings is 1. The van der Waals surface area contributed by atoms with Gasteiger partial charge in [-0.1, -0.05) is 24.3 Å². The monoisotopic (exact) mass is 440 g/mol. The van der Waals surface area contributed by atoms with Crippen molar-refractivity contribution in [3.05, 3.63) is 65.0 Å². The van der Waals surface area contributed by atoms with Crippen molar-refractivity contribution in [2.75, 3.05) is 13.1 Å². The number of fused-ring (bicyclic) bond motifs is 1. The summed E-state index contributed by atoms with van der Waals surface area (Å²) in [6.07, 6.45) is 4.73. The van der Waals surface area contributed by atoms with Crippen molar-refractivity contribution in [1.82, 2.24) is 9.88 Å². The molecule has 1 aromatic carbocycles. The van der Waals surface area contributed by atoms with Gasteiger partial charge in [-0.25, -0.2) is 9.59 Å². The Kier molecular flexibility index (Phi) is 7.71. The normalized spacial score (nSPS) is 21.1. The summed E-state index contributed by atoms with van der Waals surface area (Å²) in [5.41, 5.74) is 4.28. The third kappa shape index (κ3) is 5.77. The topological polar surface area (TPSA) is 128 Å². The van der Waals surface area contributed by atoms with Crippen molar-refractivity contribution in [1.29, 1.82) is 0 Å². The molecule has 1 fully saturated rings. The fourth-order valence-electron chi connectivity index (χ4n) is 4.39. The summed E-state index contributed by atoms with van der Waals surface area (Å²) in [5.74, 6) is -3.36. The molecule has 4 rings (SSSR count). The number of likely N-dealkylation sites (tertiary alicyclic amines) is 1. The molecule has 2 heterocycles. The van der Waals surface area contributed by atoms with Crippen LogP contribution in [0.3, 0.4) is 0 Å². The highest BCUT2D eigenvalue weighted by Crippen LogP contribution is 2.29. The lowest BCUT2D eigenvalue weighted by atomic mass is 9.83. The van der Waals surface area contributed by atoms with Crippen molar-refractivity contribution in [3.8, 4) is 0 Å². The lowest BCUT2D eigenvalue weighted by Gasteiger charge is -2.41. The molecule has 32 heavy (non-hydrogen) atoms. The summed E-state index contributed by atoms with van der Waals surface area (Å²) in [6.45, 7) is 3.68. The Balaban J connectivity index is 0.000000427. The van der Waals surface area contributed by atoms with E-state index in [1.54, 1.807) is 6.20 Å². The maximum absolute atomic E-state index is 12.7. The van der Waals surface area contributed by atoms with Crippen molar-refractivity contribution in [2.45, 2.75) is 44.8 Å². The predicted octanol–water partition coefficient (Wildman–Crippen LogP) is 1.97. The maximum atomic E-state index is 12.7. The minimum atomic E-state index is -1.82. The van der Waals surface area contributed by atoms with Gasteiger partial charge in [0.05, 0.1) is 6.10 Å².